The maximum Gasteiger partial charge on any atom is 0.262 e. The van der Waals surface area contributed by atoms with E-state index in [0.717, 1.165) is 11.0 Å². The highest BCUT2D eigenvalue weighted by molar-refractivity contribution is 5.99. The van der Waals surface area contributed by atoms with Crippen molar-refractivity contribution in [2.45, 2.75) is 6.54 Å². The third-order valence-electron chi connectivity index (χ3n) is 3.73. The Morgan fingerprint density at radius 2 is 2.12 bits per heavy atom. The molecule has 7 heteroatoms. The molecular formula is C17H14N4O3. The third-order valence-corrected chi connectivity index (χ3v) is 3.73. The molecule has 0 fully saturated rings. The Labute approximate surface area is 137 Å². The summed E-state index contributed by atoms with van der Waals surface area (Å²) in [7, 11) is 0. The van der Waals surface area contributed by atoms with Gasteiger partial charge in [0.2, 0.25) is 0 Å². The molecule has 0 saturated carbocycles. The number of rotatable bonds is 3. The van der Waals surface area contributed by atoms with Gasteiger partial charge in [-0.2, -0.15) is 0 Å². The minimum absolute atomic E-state index is 0.00933. The maximum atomic E-state index is 12.3. The van der Waals surface area contributed by atoms with Crippen LogP contribution in [0.4, 0.5) is 5.69 Å². The summed E-state index contributed by atoms with van der Waals surface area (Å²) < 4.78 is 5.27. The Morgan fingerprint density at radius 1 is 1.25 bits per heavy atom. The summed E-state index contributed by atoms with van der Waals surface area (Å²) in [6.45, 7) is 0.276. The summed E-state index contributed by atoms with van der Waals surface area (Å²) in [4.78, 5) is 31.2. The van der Waals surface area contributed by atoms with Gasteiger partial charge in [-0.1, -0.05) is 12.1 Å². The predicted octanol–water partition coefficient (Wildman–Crippen LogP) is 1.82. The highest BCUT2D eigenvalue weighted by Gasteiger charge is 2.17. The third kappa shape index (κ3) is 2.67. The van der Waals surface area contributed by atoms with Crippen LogP contribution in [0.25, 0.3) is 11.0 Å². The summed E-state index contributed by atoms with van der Waals surface area (Å²) in [5.74, 6) is 0.753. The molecule has 3 aromatic rings. The van der Waals surface area contributed by atoms with Crippen LogP contribution in [0.2, 0.25) is 0 Å². The van der Waals surface area contributed by atoms with E-state index in [9.17, 15) is 9.59 Å². The second-order valence-electron chi connectivity index (χ2n) is 5.43. The van der Waals surface area contributed by atoms with E-state index < -0.39 is 0 Å². The van der Waals surface area contributed by atoms with Crippen LogP contribution in [0.1, 0.15) is 16.2 Å². The van der Waals surface area contributed by atoms with Gasteiger partial charge in [-0.3, -0.25) is 9.59 Å². The quantitative estimate of drug-likeness (QED) is 0.685. The van der Waals surface area contributed by atoms with Gasteiger partial charge >= 0.3 is 0 Å². The Morgan fingerprint density at radius 3 is 3.00 bits per heavy atom. The highest BCUT2D eigenvalue weighted by atomic mass is 16.5. The molecule has 0 saturated heterocycles. The fraction of sp³-hybridized carbons (Fsp3) is 0.118. The lowest BCUT2D eigenvalue weighted by Crippen LogP contribution is -2.27. The number of amides is 2. The number of fused-ring (bicyclic) bond motifs is 2. The molecule has 3 N–H and O–H groups in total. The number of benzene rings is 2. The average molecular weight is 322 g/mol. The van der Waals surface area contributed by atoms with Crippen LogP contribution < -0.4 is 15.4 Å². The van der Waals surface area contributed by atoms with Gasteiger partial charge in [0.1, 0.15) is 11.6 Å². The molecule has 0 spiro atoms. The number of para-hydroxylation sites is 2. The molecule has 0 unspecified atom stereocenters. The molecule has 4 rings (SSSR count). The van der Waals surface area contributed by atoms with Crippen LogP contribution in [0, 0.1) is 0 Å². The molecular weight excluding hydrogens is 308 g/mol. The number of nitrogens with one attached hydrogen (secondary N) is 3. The van der Waals surface area contributed by atoms with Crippen LogP contribution in [0.5, 0.6) is 5.75 Å². The number of hydrogen-bond acceptors (Lipinski definition) is 4. The van der Waals surface area contributed by atoms with Gasteiger partial charge in [0, 0.05) is 5.56 Å². The van der Waals surface area contributed by atoms with E-state index in [1.54, 1.807) is 18.2 Å². The number of imidazole rings is 1. The van der Waals surface area contributed by atoms with Crippen LogP contribution >= 0.6 is 0 Å². The van der Waals surface area contributed by atoms with Gasteiger partial charge in [-0.05, 0) is 30.3 Å². The summed E-state index contributed by atoms with van der Waals surface area (Å²) in [6.07, 6.45) is 0. The second-order valence-corrected chi connectivity index (χ2v) is 5.43. The van der Waals surface area contributed by atoms with Gasteiger partial charge in [-0.25, -0.2) is 4.98 Å². The van der Waals surface area contributed by atoms with E-state index in [1.807, 2.05) is 24.3 Å². The van der Waals surface area contributed by atoms with E-state index in [4.69, 9.17) is 4.74 Å². The first-order valence-corrected chi connectivity index (χ1v) is 7.47. The van der Waals surface area contributed by atoms with Crippen molar-refractivity contribution in [1.82, 2.24) is 15.3 Å². The summed E-state index contributed by atoms with van der Waals surface area (Å²) in [5, 5.41) is 5.49. The number of carbonyl (C=O) groups is 2. The summed E-state index contributed by atoms with van der Waals surface area (Å²) in [6, 6.07) is 12.6. The number of nitrogens with zero attached hydrogens (tertiary/aromatic N) is 1. The van der Waals surface area contributed by atoms with Crippen molar-refractivity contribution in [2.24, 2.45) is 0 Å². The van der Waals surface area contributed by atoms with E-state index >= 15 is 0 Å². The minimum Gasteiger partial charge on any atom is -0.482 e. The average Bonchev–Trinajstić information content (AvgIpc) is 3.02. The van der Waals surface area contributed by atoms with Gasteiger partial charge in [0.15, 0.2) is 6.61 Å². The molecule has 0 atom stereocenters. The smallest absolute Gasteiger partial charge is 0.262 e. The normalized spacial score (nSPS) is 13.1. The summed E-state index contributed by atoms with van der Waals surface area (Å²) in [5.41, 5.74) is 2.73. The fourth-order valence-corrected chi connectivity index (χ4v) is 2.58. The summed E-state index contributed by atoms with van der Waals surface area (Å²) >= 11 is 0. The van der Waals surface area contributed by atoms with Crippen LogP contribution in [-0.2, 0) is 11.3 Å². The molecule has 2 heterocycles. The first kappa shape index (κ1) is 14.3. The number of aromatic nitrogens is 2. The van der Waals surface area contributed by atoms with Gasteiger partial charge < -0.3 is 20.4 Å². The number of H-pyrrole nitrogens is 1. The second kappa shape index (κ2) is 5.69. The van der Waals surface area contributed by atoms with Crippen molar-refractivity contribution in [3.05, 3.63) is 53.9 Å². The SMILES string of the molecule is O=C1COc2ccc(C(=O)NCc3nc4ccccc4[nH]3)cc2N1. The van der Waals surface area contributed by atoms with Crippen molar-refractivity contribution in [2.75, 3.05) is 11.9 Å². The lowest BCUT2D eigenvalue weighted by molar-refractivity contribution is -0.118. The Balaban J connectivity index is 1.48. The predicted molar refractivity (Wildman–Crippen MR) is 87.8 cm³/mol. The van der Waals surface area contributed by atoms with Crippen molar-refractivity contribution in [3.8, 4) is 5.75 Å². The molecule has 7 nitrogen and oxygen atoms in total. The molecule has 0 bridgehead atoms. The number of aromatic amines is 1. The molecule has 120 valence electrons. The van der Waals surface area contributed by atoms with Crippen molar-refractivity contribution < 1.29 is 14.3 Å². The highest BCUT2D eigenvalue weighted by Crippen LogP contribution is 2.28. The molecule has 0 aliphatic carbocycles. The maximum absolute atomic E-state index is 12.3. The molecule has 1 aromatic heterocycles. The van der Waals surface area contributed by atoms with E-state index in [1.165, 1.54) is 0 Å². The molecule has 0 radical (unpaired) electrons. The van der Waals surface area contributed by atoms with Gasteiger partial charge in [0.05, 0.1) is 23.3 Å². The molecule has 1 aliphatic rings. The fourth-order valence-electron chi connectivity index (χ4n) is 2.58. The van der Waals surface area contributed by atoms with Crippen LogP contribution in [0.3, 0.4) is 0 Å². The topological polar surface area (TPSA) is 96.1 Å². The number of hydrogen-bond donors (Lipinski definition) is 3. The number of carbonyl (C=O) groups excluding carboxylic acids is 2. The van der Waals surface area contributed by atoms with E-state index in [-0.39, 0.29) is 25.0 Å². The number of ether oxygens (including phenoxy) is 1. The van der Waals surface area contributed by atoms with Crippen LogP contribution in [0.15, 0.2) is 42.5 Å². The van der Waals surface area contributed by atoms with Crippen LogP contribution in [-0.4, -0.2) is 28.4 Å². The monoisotopic (exact) mass is 322 g/mol. The standard InChI is InChI=1S/C17H14N4O3/c22-16-9-24-14-6-5-10(7-13(14)21-16)17(23)18-8-15-19-11-3-1-2-4-12(11)20-15/h1-7H,8-9H2,(H,18,23)(H,19,20)(H,21,22). The zero-order valence-corrected chi connectivity index (χ0v) is 12.6. The van der Waals surface area contributed by atoms with Crippen molar-refractivity contribution in [1.29, 1.82) is 0 Å². The lowest BCUT2D eigenvalue weighted by Gasteiger charge is -2.18. The molecule has 2 aromatic carbocycles. The van der Waals surface area contributed by atoms with E-state index in [0.29, 0.717) is 22.8 Å². The lowest BCUT2D eigenvalue weighted by atomic mass is 10.1. The molecule has 24 heavy (non-hydrogen) atoms. The minimum atomic E-state index is -0.252. The Bertz CT molecular complexity index is 915. The van der Waals surface area contributed by atoms with Gasteiger partial charge in [-0.15, -0.1) is 0 Å². The van der Waals surface area contributed by atoms with Crippen molar-refractivity contribution >= 4 is 28.5 Å². The zero-order valence-electron chi connectivity index (χ0n) is 12.6. The first-order chi connectivity index (χ1) is 11.7. The first-order valence-electron chi connectivity index (χ1n) is 7.47. The number of anilines is 1. The molecule has 1 aliphatic heterocycles. The van der Waals surface area contributed by atoms with E-state index in [2.05, 4.69) is 20.6 Å². The Kier molecular flexibility index (Phi) is 3.38. The zero-order chi connectivity index (χ0) is 16.5. The van der Waals surface area contributed by atoms with Gasteiger partial charge in [0.25, 0.3) is 11.8 Å². The van der Waals surface area contributed by atoms with Crippen molar-refractivity contribution in [3.63, 3.8) is 0 Å². The largest absolute Gasteiger partial charge is 0.482 e. The molecule has 2 amide bonds. The Hall–Kier alpha value is -3.35.